The average molecular weight is 439 g/mol. The summed E-state index contributed by atoms with van der Waals surface area (Å²) in [5.41, 5.74) is 5.70. The zero-order valence-corrected chi connectivity index (χ0v) is 19.2. The number of benzene rings is 3. The normalized spacial score (nSPS) is 12.8. The molecule has 2 atom stereocenters. The van der Waals surface area contributed by atoms with Crippen LogP contribution < -0.4 is 5.32 Å². The number of aryl methyl sites for hydroxylation is 1. The smallest absolute Gasteiger partial charge is 0.229 e. The van der Waals surface area contributed by atoms with Crippen LogP contribution >= 0.6 is 0 Å². The molecule has 4 rings (SSSR count). The van der Waals surface area contributed by atoms with E-state index in [4.69, 9.17) is 0 Å². The van der Waals surface area contributed by atoms with Crippen molar-refractivity contribution in [2.45, 2.75) is 45.2 Å². The number of aromatic nitrogens is 3. The van der Waals surface area contributed by atoms with Gasteiger partial charge in [-0.2, -0.15) is 5.10 Å². The van der Waals surface area contributed by atoms with Crippen LogP contribution in [0.25, 0.3) is 11.1 Å². The minimum atomic E-state index is -0.376. The van der Waals surface area contributed by atoms with E-state index in [-0.39, 0.29) is 17.9 Å². The van der Waals surface area contributed by atoms with Gasteiger partial charge in [-0.1, -0.05) is 92.2 Å². The topological polar surface area (TPSA) is 59.8 Å². The highest BCUT2D eigenvalue weighted by molar-refractivity contribution is 5.84. The van der Waals surface area contributed by atoms with Crippen LogP contribution in [0.2, 0.25) is 0 Å². The van der Waals surface area contributed by atoms with E-state index in [0.29, 0.717) is 6.54 Å². The average Bonchev–Trinajstić information content (AvgIpc) is 3.37. The Morgan fingerprint density at radius 1 is 0.909 bits per heavy atom. The van der Waals surface area contributed by atoms with Gasteiger partial charge in [-0.05, 0) is 41.2 Å². The first-order chi connectivity index (χ1) is 16.1. The van der Waals surface area contributed by atoms with Gasteiger partial charge in [0, 0.05) is 0 Å². The van der Waals surface area contributed by atoms with Crippen LogP contribution in [0.15, 0.2) is 91.5 Å². The van der Waals surface area contributed by atoms with E-state index in [0.717, 1.165) is 29.5 Å². The summed E-state index contributed by atoms with van der Waals surface area (Å²) in [5, 5.41) is 7.39. The van der Waals surface area contributed by atoms with Gasteiger partial charge in [0.2, 0.25) is 5.91 Å². The fraction of sp³-hybridized carbons (Fsp3) is 0.250. The van der Waals surface area contributed by atoms with Crippen LogP contribution in [-0.2, 0) is 17.8 Å². The van der Waals surface area contributed by atoms with Crippen molar-refractivity contribution >= 4 is 5.91 Å². The van der Waals surface area contributed by atoms with E-state index in [1.165, 1.54) is 17.5 Å². The van der Waals surface area contributed by atoms with Gasteiger partial charge in [-0.3, -0.25) is 9.48 Å². The number of nitrogens with one attached hydrogen (secondary N) is 1. The molecule has 5 heteroatoms. The summed E-state index contributed by atoms with van der Waals surface area (Å²) in [7, 11) is 0. The number of nitrogens with zero attached hydrogens (tertiary/aromatic N) is 3. The van der Waals surface area contributed by atoms with Crippen LogP contribution in [-0.4, -0.2) is 20.7 Å². The van der Waals surface area contributed by atoms with Crippen molar-refractivity contribution < 1.29 is 4.79 Å². The summed E-state index contributed by atoms with van der Waals surface area (Å²) in [6.07, 6.45) is 5.38. The Balaban J connectivity index is 1.54. The second kappa shape index (κ2) is 10.7. The Morgan fingerprint density at radius 2 is 1.58 bits per heavy atom. The maximum atomic E-state index is 13.3. The summed E-state index contributed by atoms with van der Waals surface area (Å²) < 4.78 is 1.71. The van der Waals surface area contributed by atoms with Crippen LogP contribution in [0.4, 0.5) is 0 Å². The van der Waals surface area contributed by atoms with Gasteiger partial charge in [0.15, 0.2) is 0 Å². The third kappa shape index (κ3) is 5.75. The van der Waals surface area contributed by atoms with Crippen molar-refractivity contribution in [1.82, 2.24) is 20.1 Å². The van der Waals surface area contributed by atoms with Crippen molar-refractivity contribution in [1.29, 1.82) is 0 Å². The van der Waals surface area contributed by atoms with Gasteiger partial charge in [-0.15, -0.1) is 0 Å². The SMILES string of the molecule is CCCc1ccc(-c2ccc([C@@H](Cn3cncn3)C(=O)N[C@H](C)c3ccccc3)cc2)cc1. The molecule has 33 heavy (non-hydrogen) atoms. The zero-order chi connectivity index (χ0) is 23.0. The number of hydrogen-bond donors (Lipinski definition) is 1. The molecule has 5 nitrogen and oxygen atoms in total. The predicted octanol–water partition coefficient (Wildman–Crippen LogP) is 5.56. The van der Waals surface area contributed by atoms with Crippen molar-refractivity contribution in [3.8, 4) is 11.1 Å². The Morgan fingerprint density at radius 3 is 2.18 bits per heavy atom. The molecule has 1 amide bonds. The largest absolute Gasteiger partial charge is 0.349 e. The van der Waals surface area contributed by atoms with Gasteiger partial charge in [-0.25, -0.2) is 4.98 Å². The molecule has 4 aromatic rings. The number of hydrogen-bond acceptors (Lipinski definition) is 3. The molecule has 0 saturated heterocycles. The van der Waals surface area contributed by atoms with Crippen LogP contribution in [0.5, 0.6) is 0 Å². The minimum Gasteiger partial charge on any atom is -0.349 e. The molecular formula is C28H30N4O. The highest BCUT2D eigenvalue weighted by Gasteiger charge is 2.23. The minimum absolute atomic E-state index is 0.0291. The molecular weight excluding hydrogens is 408 g/mol. The fourth-order valence-corrected chi connectivity index (χ4v) is 4.05. The molecule has 168 valence electrons. The molecule has 0 unspecified atom stereocenters. The first-order valence-corrected chi connectivity index (χ1v) is 11.5. The van der Waals surface area contributed by atoms with Gasteiger partial charge < -0.3 is 5.32 Å². The lowest BCUT2D eigenvalue weighted by molar-refractivity contribution is -0.123. The van der Waals surface area contributed by atoms with Crippen molar-refractivity contribution in [3.63, 3.8) is 0 Å². The lowest BCUT2D eigenvalue weighted by atomic mass is 9.94. The first-order valence-electron chi connectivity index (χ1n) is 11.5. The summed E-state index contributed by atoms with van der Waals surface area (Å²) in [6.45, 7) is 4.63. The van der Waals surface area contributed by atoms with E-state index in [1.54, 1.807) is 11.0 Å². The van der Waals surface area contributed by atoms with Crippen LogP contribution in [0, 0.1) is 0 Å². The molecule has 1 N–H and O–H groups in total. The highest BCUT2D eigenvalue weighted by Crippen LogP contribution is 2.25. The van der Waals surface area contributed by atoms with Crippen molar-refractivity contribution in [2.75, 3.05) is 0 Å². The molecule has 3 aromatic carbocycles. The Labute approximate surface area is 195 Å². The fourth-order valence-electron chi connectivity index (χ4n) is 4.05. The molecule has 1 aromatic heterocycles. The van der Waals surface area contributed by atoms with E-state index in [9.17, 15) is 4.79 Å². The Bertz CT molecular complexity index is 1140. The van der Waals surface area contributed by atoms with E-state index in [2.05, 4.69) is 58.7 Å². The summed E-state index contributed by atoms with van der Waals surface area (Å²) in [6, 6.07) is 26.9. The molecule has 0 aliphatic rings. The van der Waals surface area contributed by atoms with Crippen LogP contribution in [0.1, 0.15) is 48.9 Å². The summed E-state index contributed by atoms with van der Waals surface area (Å²) in [5.74, 6) is -0.405. The predicted molar refractivity (Wildman–Crippen MR) is 132 cm³/mol. The van der Waals surface area contributed by atoms with E-state index >= 15 is 0 Å². The molecule has 0 radical (unpaired) electrons. The number of rotatable bonds is 9. The third-order valence-electron chi connectivity index (χ3n) is 5.95. The maximum Gasteiger partial charge on any atom is 0.229 e. The van der Waals surface area contributed by atoms with Gasteiger partial charge in [0.1, 0.15) is 12.7 Å². The number of amides is 1. The summed E-state index contributed by atoms with van der Waals surface area (Å²) >= 11 is 0. The maximum absolute atomic E-state index is 13.3. The zero-order valence-electron chi connectivity index (χ0n) is 19.2. The number of carbonyl (C=O) groups is 1. The Kier molecular flexibility index (Phi) is 7.30. The Hall–Kier alpha value is -3.73. The molecule has 0 fully saturated rings. The van der Waals surface area contributed by atoms with Gasteiger partial charge >= 0.3 is 0 Å². The summed E-state index contributed by atoms with van der Waals surface area (Å²) in [4.78, 5) is 17.4. The second-order valence-corrected chi connectivity index (χ2v) is 8.38. The van der Waals surface area contributed by atoms with Crippen molar-refractivity contribution in [3.05, 3.63) is 108 Å². The molecule has 1 heterocycles. The van der Waals surface area contributed by atoms with Gasteiger partial charge in [0.25, 0.3) is 0 Å². The van der Waals surface area contributed by atoms with E-state index in [1.807, 2.05) is 49.4 Å². The molecule has 0 aliphatic carbocycles. The van der Waals surface area contributed by atoms with Crippen molar-refractivity contribution in [2.24, 2.45) is 0 Å². The molecule has 0 bridgehead atoms. The molecule has 0 saturated carbocycles. The molecule has 0 aliphatic heterocycles. The first kappa shape index (κ1) is 22.5. The lowest BCUT2D eigenvalue weighted by Gasteiger charge is -2.21. The highest BCUT2D eigenvalue weighted by atomic mass is 16.2. The molecule has 0 spiro atoms. The lowest BCUT2D eigenvalue weighted by Crippen LogP contribution is -2.33. The third-order valence-corrected chi connectivity index (χ3v) is 5.95. The van der Waals surface area contributed by atoms with E-state index < -0.39 is 0 Å². The van der Waals surface area contributed by atoms with Crippen LogP contribution in [0.3, 0.4) is 0 Å². The monoisotopic (exact) mass is 438 g/mol. The quantitative estimate of drug-likeness (QED) is 0.372. The standard InChI is InChI=1S/C28H30N4O/c1-3-7-22-10-12-24(13-11-22)25-14-16-26(17-15-25)27(18-32-20-29-19-30-32)28(33)31-21(2)23-8-5-4-6-9-23/h4-6,8-17,19-21,27H,3,7,18H2,1-2H3,(H,31,33)/t21-,27-/m1/s1. The van der Waals surface area contributed by atoms with Gasteiger partial charge in [0.05, 0.1) is 18.5 Å². The second-order valence-electron chi connectivity index (χ2n) is 8.38. The number of carbonyl (C=O) groups excluding carboxylic acids is 1.